The fourth-order valence-electron chi connectivity index (χ4n) is 1.44. The lowest BCUT2D eigenvalue weighted by Gasteiger charge is -2.01. The minimum atomic E-state index is -1.16. The average Bonchev–Trinajstić information content (AvgIpc) is 2.46. The van der Waals surface area contributed by atoms with Crippen LogP contribution in [0.3, 0.4) is 0 Å². The lowest BCUT2D eigenvalue weighted by Crippen LogP contribution is -2.10. The predicted octanol–water partition coefficient (Wildman–Crippen LogP) is 1.77. The van der Waals surface area contributed by atoms with Gasteiger partial charge in [-0.05, 0) is 24.3 Å². The monoisotopic (exact) mass is 266 g/mol. The first-order chi connectivity index (χ1) is 9.65. The Labute approximate surface area is 115 Å². The van der Waals surface area contributed by atoms with E-state index in [0.717, 1.165) is 5.56 Å². The van der Waals surface area contributed by atoms with E-state index in [1.54, 1.807) is 12.1 Å². The van der Waals surface area contributed by atoms with Gasteiger partial charge in [0.05, 0.1) is 0 Å². The van der Waals surface area contributed by atoms with Crippen LogP contribution in [0.25, 0.3) is 0 Å². The molecule has 0 aliphatic carbocycles. The topological polar surface area (TPSA) is 79.3 Å². The molecule has 5 nitrogen and oxygen atoms in total. The summed E-state index contributed by atoms with van der Waals surface area (Å²) in [6.07, 6.45) is 1.31. The number of rotatable bonds is 2. The number of carboxylic acids is 1. The van der Waals surface area contributed by atoms with Gasteiger partial charge in [0.2, 0.25) is 0 Å². The van der Waals surface area contributed by atoms with Gasteiger partial charge in [0.25, 0.3) is 0 Å². The van der Waals surface area contributed by atoms with Crippen LogP contribution in [0.15, 0.2) is 48.7 Å². The van der Waals surface area contributed by atoms with E-state index >= 15 is 0 Å². The number of carbonyl (C=O) groups excluding carboxylic acids is 1. The minimum absolute atomic E-state index is 0.140. The molecule has 0 saturated heterocycles. The zero-order valence-electron chi connectivity index (χ0n) is 10.3. The molecular weight excluding hydrogens is 256 g/mol. The smallest absolute Gasteiger partial charge is 0.354 e. The Morgan fingerprint density at radius 3 is 2.60 bits per heavy atom. The summed E-state index contributed by atoms with van der Waals surface area (Å²) in [5, 5.41) is 11.3. The van der Waals surface area contributed by atoms with Gasteiger partial charge in [0, 0.05) is 23.4 Å². The van der Waals surface area contributed by atoms with Crippen molar-refractivity contribution in [3.63, 3.8) is 0 Å². The summed E-state index contributed by atoms with van der Waals surface area (Å²) >= 11 is 0. The highest BCUT2D eigenvalue weighted by atomic mass is 16.4. The highest BCUT2D eigenvalue weighted by molar-refractivity contribution is 6.04. The molecule has 2 rings (SSSR count). The SMILES string of the molecule is O=C(C#Cc1ccccc1)Nc1ccnc(C(=O)O)c1. The fourth-order valence-corrected chi connectivity index (χ4v) is 1.44. The molecule has 0 radical (unpaired) electrons. The zero-order chi connectivity index (χ0) is 14.4. The van der Waals surface area contributed by atoms with Crippen molar-refractivity contribution in [1.82, 2.24) is 4.98 Å². The molecule has 0 bridgehead atoms. The van der Waals surface area contributed by atoms with Crippen LogP contribution < -0.4 is 5.32 Å². The number of nitrogens with one attached hydrogen (secondary N) is 1. The first-order valence-corrected chi connectivity index (χ1v) is 5.72. The second-order valence-corrected chi connectivity index (χ2v) is 3.81. The molecule has 0 fully saturated rings. The lowest BCUT2D eigenvalue weighted by molar-refractivity contribution is -0.111. The Morgan fingerprint density at radius 1 is 1.15 bits per heavy atom. The normalized spacial score (nSPS) is 9.20. The van der Waals surface area contributed by atoms with Gasteiger partial charge in [-0.2, -0.15) is 0 Å². The van der Waals surface area contributed by atoms with Crippen molar-refractivity contribution >= 4 is 17.6 Å². The molecule has 0 atom stereocenters. The van der Waals surface area contributed by atoms with E-state index in [4.69, 9.17) is 5.11 Å². The second-order valence-electron chi connectivity index (χ2n) is 3.81. The number of hydrogen-bond acceptors (Lipinski definition) is 3. The fraction of sp³-hybridized carbons (Fsp3) is 0. The van der Waals surface area contributed by atoms with Crippen molar-refractivity contribution in [1.29, 1.82) is 0 Å². The van der Waals surface area contributed by atoms with E-state index in [2.05, 4.69) is 22.1 Å². The molecule has 0 spiro atoms. The summed E-state index contributed by atoms with van der Waals surface area (Å²) in [5.74, 6) is 3.46. The number of benzene rings is 1. The second kappa shape index (κ2) is 6.16. The van der Waals surface area contributed by atoms with Crippen LogP contribution in [-0.2, 0) is 4.79 Å². The molecule has 0 aliphatic rings. The van der Waals surface area contributed by atoms with Gasteiger partial charge < -0.3 is 10.4 Å². The van der Waals surface area contributed by atoms with Crippen molar-refractivity contribution in [3.05, 3.63) is 59.9 Å². The van der Waals surface area contributed by atoms with Crippen LogP contribution in [0.4, 0.5) is 5.69 Å². The number of nitrogens with zero attached hydrogens (tertiary/aromatic N) is 1. The molecule has 0 aliphatic heterocycles. The number of aromatic carboxylic acids is 1. The van der Waals surface area contributed by atoms with Gasteiger partial charge in [-0.3, -0.25) is 4.79 Å². The van der Waals surface area contributed by atoms with Crippen molar-refractivity contribution in [3.8, 4) is 11.8 Å². The van der Waals surface area contributed by atoms with Gasteiger partial charge >= 0.3 is 11.9 Å². The molecule has 2 aromatic rings. The standard InChI is InChI=1S/C15H10N2O3/c18-14(7-6-11-4-2-1-3-5-11)17-12-8-9-16-13(10-12)15(19)20/h1-5,8-10H,(H,19,20)(H,16,17,18). The maximum Gasteiger partial charge on any atom is 0.354 e. The molecule has 0 unspecified atom stereocenters. The quantitative estimate of drug-likeness (QED) is 0.812. The Bertz CT molecular complexity index is 700. The zero-order valence-corrected chi connectivity index (χ0v) is 10.3. The molecule has 20 heavy (non-hydrogen) atoms. The Morgan fingerprint density at radius 2 is 1.90 bits per heavy atom. The van der Waals surface area contributed by atoms with E-state index in [-0.39, 0.29) is 5.69 Å². The molecular formula is C15H10N2O3. The van der Waals surface area contributed by atoms with Gasteiger partial charge in [-0.1, -0.05) is 24.1 Å². The van der Waals surface area contributed by atoms with E-state index in [1.807, 2.05) is 18.2 Å². The van der Waals surface area contributed by atoms with Crippen LogP contribution in [0.5, 0.6) is 0 Å². The molecule has 1 heterocycles. The first kappa shape index (κ1) is 13.3. The number of carboxylic acid groups (broad SMARTS) is 1. The van der Waals surface area contributed by atoms with Gasteiger partial charge in [0.1, 0.15) is 5.69 Å². The summed E-state index contributed by atoms with van der Waals surface area (Å²) < 4.78 is 0. The third-order valence-corrected chi connectivity index (χ3v) is 2.33. The van der Waals surface area contributed by atoms with Crippen LogP contribution >= 0.6 is 0 Å². The maximum absolute atomic E-state index is 11.6. The number of carbonyl (C=O) groups is 2. The highest BCUT2D eigenvalue weighted by Crippen LogP contribution is 2.07. The Kier molecular flexibility index (Phi) is 4.10. The van der Waals surface area contributed by atoms with Crippen molar-refractivity contribution in [2.24, 2.45) is 0 Å². The molecule has 98 valence electrons. The van der Waals surface area contributed by atoms with Gasteiger partial charge in [-0.15, -0.1) is 0 Å². The summed E-state index contributed by atoms with van der Waals surface area (Å²) in [4.78, 5) is 26.0. The van der Waals surface area contributed by atoms with Crippen LogP contribution in [0.2, 0.25) is 0 Å². The van der Waals surface area contributed by atoms with Crippen molar-refractivity contribution in [2.45, 2.75) is 0 Å². The van der Waals surface area contributed by atoms with Crippen LogP contribution in [0, 0.1) is 11.8 Å². The largest absolute Gasteiger partial charge is 0.477 e. The highest BCUT2D eigenvalue weighted by Gasteiger charge is 2.06. The summed E-state index contributed by atoms with van der Waals surface area (Å²) in [7, 11) is 0. The predicted molar refractivity (Wildman–Crippen MR) is 73.1 cm³/mol. The van der Waals surface area contributed by atoms with E-state index in [9.17, 15) is 9.59 Å². The third-order valence-electron chi connectivity index (χ3n) is 2.33. The number of amides is 1. The Hall–Kier alpha value is -3.13. The number of pyridine rings is 1. The third kappa shape index (κ3) is 3.68. The Balaban J connectivity index is 2.07. The van der Waals surface area contributed by atoms with E-state index < -0.39 is 11.9 Å². The maximum atomic E-state index is 11.6. The van der Waals surface area contributed by atoms with Gasteiger partial charge in [0.15, 0.2) is 0 Å². The summed E-state index contributed by atoms with van der Waals surface area (Å²) in [5.41, 5.74) is 0.923. The molecule has 5 heteroatoms. The van der Waals surface area contributed by atoms with Crippen molar-refractivity contribution in [2.75, 3.05) is 5.32 Å². The van der Waals surface area contributed by atoms with Crippen LogP contribution in [-0.4, -0.2) is 22.0 Å². The van der Waals surface area contributed by atoms with Crippen molar-refractivity contribution < 1.29 is 14.7 Å². The molecule has 1 aromatic heterocycles. The van der Waals surface area contributed by atoms with Gasteiger partial charge in [-0.25, -0.2) is 9.78 Å². The molecule has 1 amide bonds. The molecule has 0 saturated carbocycles. The summed E-state index contributed by atoms with van der Waals surface area (Å²) in [6.45, 7) is 0. The lowest BCUT2D eigenvalue weighted by atomic mass is 10.2. The molecule has 1 aromatic carbocycles. The minimum Gasteiger partial charge on any atom is -0.477 e. The number of hydrogen-bond donors (Lipinski definition) is 2. The first-order valence-electron chi connectivity index (χ1n) is 5.72. The average molecular weight is 266 g/mol. The number of aromatic nitrogens is 1. The molecule has 2 N–H and O–H groups in total. The summed E-state index contributed by atoms with van der Waals surface area (Å²) in [6, 6.07) is 11.8. The number of anilines is 1. The van der Waals surface area contributed by atoms with Crippen LogP contribution in [0.1, 0.15) is 16.1 Å². The van der Waals surface area contributed by atoms with E-state index in [0.29, 0.717) is 5.69 Å². The van der Waals surface area contributed by atoms with E-state index in [1.165, 1.54) is 18.3 Å².